The molecule has 8 unspecified atom stereocenters. The molecule has 6 aliphatic carbocycles. The van der Waals surface area contributed by atoms with E-state index in [9.17, 15) is 0 Å². The Morgan fingerprint density at radius 3 is 1.28 bits per heavy atom. The summed E-state index contributed by atoms with van der Waals surface area (Å²) in [6.45, 7) is 3.15. The van der Waals surface area contributed by atoms with E-state index in [-0.39, 0.29) is 11.6 Å². The highest BCUT2D eigenvalue weighted by Crippen LogP contribution is 2.94. The summed E-state index contributed by atoms with van der Waals surface area (Å²) in [5, 5.41) is 0. The number of ether oxygens (including phenoxy) is 4. The molecule has 2 aliphatic heterocycles. The molecule has 96 valence electrons. The largest absolute Gasteiger partial charge is 0.347 e. The van der Waals surface area contributed by atoms with Gasteiger partial charge in [-0.1, -0.05) is 0 Å². The Morgan fingerprint density at radius 1 is 0.500 bits per heavy atom. The molecule has 4 heteroatoms. The van der Waals surface area contributed by atoms with Crippen LogP contribution in [0.3, 0.4) is 0 Å². The summed E-state index contributed by atoms with van der Waals surface area (Å²) in [5.74, 6) is 5.40. The number of rotatable bonds is 0. The first kappa shape index (κ1) is 8.90. The lowest BCUT2D eigenvalue weighted by Gasteiger charge is -2.62. The molecule has 0 amide bonds. The molecule has 0 aromatic heterocycles. The van der Waals surface area contributed by atoms with Gasteiger partial charge in [0.1, 0.15) is 0 Å². The minimum Gasteiger partial charge on any atom is -0.347 e. The van der Waals surface area contributed by atoms with Gasteiger partial charge < -0.3 is 18.9 Å². The van der Waals surface area contributed by atoms with Crippen molar-refractivity contribution in [3.63, 3.8) is 0 Å². The van der Waals surface area contributed by atoms with E-state index in [4.69, 9.17) is 18.9 Å². The summed E-state index contributed by atoms with van der Waals surface area (Å²) in [6, 6.07) is 0. The van der Waals surface area contributed by atoms with Crippen LogP contribution < -0.4 is 0 Å². The minimum absolute atomic E-state index is 0.214. The van der Waals surface area contributed by atoms with Crippen molar-refractivity contribution in [2.24, 2.45) is 47.3 Å². The van der Waals surface area contributed by atoms with Crippen molar-refractivity contribution in [1.82, 2.24) is 0 Å². The van der Waals surface area contributed by atoms with Crippen LogP contribution >= 0.6 is 0 Å². The molecule has 0 radical (unpaired) electrons. The second kappa shape index (κ2) is 2.20. The Labute approximate surface area is 105 Å². The average molecular weight is 248 g/mol. The highest BCUT2D eigenvalue weighted by atomic mass is 16.8. The van der Waals surface area contributed by atoms with Gasteiger partial charge in [0, 0.05) is 23.7 Å². The van der Waals surface area contributed by atoms with Gasteiger partial charge in [-0.2, -0.15) is 0 Å². The summed E-state index contributed by atoms with van der Waals surface area (Å²) < 4.78 is 24.6. The van der Waals surface area contributed by atoms with E-state index in [2.05, 4.69) is 0 Å². The van der Waals surface area contributed by atoms with Crippen LogP contribution in [0.15, 0.2) is 0 Å². The van der Waals surface area contributed by atoms with E-state index in [1.165, 1.54) is 0 Å². The molecule has 2 heterocycles. The zero-order chi connectivity index (χ0) is 11.3. The highest BCUT2D eigenvalue weighted by Gasteiger charge is 2.99. The maximum Gasteiger partial charge on any atom is 0.175 e. The first-order valence-electron chi connectivity index (χ1n) is 7.46. The summed E-state index contributed by atoms with van der Waals surface area (Å²) in [7, 11) is 0. The topological polar surface area (TPSA) is 36.9 Å². The summed E-state index contributed by atoms with van der Waals surface area (Å²) >= 11 is 0. The smallest absolute Gasteiger partial charge is 0.175 e. The predicted octanol–water partition coefficient (Wildman–Crippen LogP) is 0.470. The van der Waals surface area contributed by atoms with Crippen molar-refractivity contribution in [3.8, 4) is 0 Å². The third kappa shape index (κ3) is 0.521. The van der Waals surface area contributed by atoms with Crippen molar-refractivity contribution in [1.29, 1.82) is 0 Å². The molecular formula is C14H16O4. The van der Waals surface area contributed by atoms with Crippen molar-refractivity contribution in [2.45, 2.75) is 11.6 Å². The lowest BCUT2D eigenvalue weighted by atomic mass is 9.41. The van der Waals surface area contributed by atoms with Crippen LogP contribution in [0.4, 0.5) is 0 Å². The van der Waals surface area contributed by atoms with Crippen LogP contribution in [0.1, 0.15) is 0 Å². The standard InChI is InChI=1S/C14H16O4/c1-2-16-13(15-1)9-5-6-7(9)12-11(13)8(5)10(6)14(12)17-3-4-18-14/h5-12H,1-4H2. The molecule has 0 aromatic rings. The Balaban J connectivity index is 1.48. The molecule has 18 heavy (non-hydrogen) atoms. The van der Waals surface area contributed by atoms with E-state index in [1.807, 2.05) is 0 Å². The van der Waals surface area contributed by atoms with Gasteiger partial charge >= 0.3 is 0 Å². The fourth-order valence-corrected chi connectivity index (χ4v) is 7.79. The van der Waals surface area contributed by atoms with E-state index in [0.29, 0.717) is 23.7 Å². The van der Waals surface area contributed by atoms with E-state index >= 15 is 0 Å². The van der Waals surface area contributed by atoms with Crippen LogP contribution in [0.2, 0.25) is 0 Å². The van der Waals surface area contributed by atoms with Gasteiger partial charge in [-0.3, -0.25) is 0 Å². The Morgan fingerprint density at radius 2 is 0.889 bits per heavy atom. The monoisotopic (exact) mass is 248 g/mol. The van der Waals surface area contributed by atoms with Crippen molar-refractivity contribution < 1.29 is 18.9 Å². The van der Waals surface area contributed by atoms with Gasteiger partial charge in [-0.25, -0.2) is 0 Å². The molecule has 2 saturated heterocycles. The van der Waals surface area contributed by atoms with Crippen molar-refractivity contribution >= 4 is 0 Å². The van der Waals surface area contributed by atoms with E-state index < -0.39 is 0 Å². The quantitative estimate of drug-likeness (QED) is 0.624. The minimum atomic E-state index is -0.214. The van der Waals surface area contributed by atoms with Gasteiger partial charge in [0.15, 0.2) is 11.6 Å². The van der Waals surface area contributed by atoms with Gasteiger partial charge in [0.25, 0.3) is 0 Å². The fraction of sp³-hybridized carbons (Fsp3) is 1.00. The predicted molar refractivity (Wildman–Crippen MR) is 57.2 cm³/mol. The van der Waals surface area contributed by atoms with Crippen molar-refractivity contribution in [2.75, 3.05) is 26.4 Å². The molecule has 8 rings (SSSR count). The lowest BCUT2D eigenvalue weighted by molar-refractivity contribution is -0.257. The third-order valence-corrected chi connectivity index (χ3v) is 7.54. The normalized spacial score (nSPS) is 69.3. The van der Waals surface area contributed by atoms with Crippen LogP contribution in [-0.2, 0) is 18.9 Å². The van der Waals surface area contributed by atoms with Gasteiger partial charge in [0.2, 0.25) is 0 Å². The maximum atomic E-state index is 6.15. The van der Waals surface area contributed by atoms with E-state index in [1.54, 1.807) is 0 Å². The Bertz CT molecular complexity index is 434. The van der Waals surface area contributed by atoms with E-state index in [0.717, 1.165) is 50.1 Å². The Kier molecular flexibility index (Phi) is 1.09. The zero-order valence-electron chi connectivity index (χ0n) is 10.1. The van der Waals surface area contributed by atoms with Crippen LogP contribution in [0.5, 0.6) is 0 Å². The molecule has 6 saturated carbocycles. The molecule has 4 bridgehead atoms. The van der Waals surface area contributed by atoms with Crippen LogP contribution in [0, 0.1) is 47.3 Å². The first-order valence-corrected chi connectivity index (χ1v) is 7.46. The second-order valence-corrected chi connectivity index (χ2v) is 7.25. The summed E-state index contributed by atoms with van der Waals surface area (Å²) in [4.78, 5) is 0. The van der Waals surface area contributed by atoms with Gasteiger partial charge in [-0.15, -0.1) is 0 Å². The number of hydrogen-bond donors (Lipinski definition) is 0. The van der Waals surface area contributed by atoms with Crippen LogP contribution in [-0.4, -0.2) is 38.0 Å². The zero-order valence-corrected chi connectivity index (χ0v) is 10.1. The average Bonchev–Trinajstić information content (AvgIpc) is 3.11. The molecule has 8 atom stereocenters. The fourth-order valence-electron chi connectivity index (χ4n) is 7.79. The molecule has 0 aromatic carbocycles. The first-order chi connectivity index (χ1) is 8.90. The lowest BCUT2D eigenvalue weighted by Crippen LogP contribution is -2.62. The summed E-state index contributed by atoms with van der Waals surface area (Å²) in [5.41, 5.74) is 0. The second-order valence-electron chi connectivity index (χ2n) is 7.25. The molecule has 0 N–H and O–H groups in total. The molecule has 2 spiro atoms. The molecule has 8 aliphatic rings. The number of hydrogen-bond acceptors (Lipinski definition) is 4. The van der Waals surface area contributed by atoms with Gasteiger partial charge in [0.05, 0.1) is 26.4 Å². The van der Waals surface area contributed by atoms with Crippen molar-refractivity contribution in [3.05, 3.63) is 0 Å². The molecule has 4 nitrogen and oxygen atoms in total. The Hall–Kier alpha value is -0.160. The molecule has 8 fully saturated rings. The molecular weight excluding hydrogens is 232 g/mol. The SMILES string of the molecule is C1COC2(O1)C1C3C4C1C1C2C3C4C12OCCO2. The summed E-state index contributed by atoms with van der Waals surface area (Å²) in [6.07, 6.45) is 0. The van der Waals surface area contributed by atoms with Crippen LogP contribution in [0.25, 0.3) is 0 Å². The maximum absolute atomic E-state index is 6.15. The third-order valence-electron chi connectivity index (χ3n) is 7.54. The van der Waals surface area contributed by atoms with Gasteiger partial charge in [-0.05, 0) is 23.7 Å². The highest BCUT2D eigenvalue weighted by molar-refractivity contribution is 5.41.